The molecule has 1 fully saturated rings. The van der Waals surface area contributed by atoms with Crippen molar-refractivity contribution in [2.75, 3.05) is 18.1 Å². The maximum atomic E-state index is 12.0. The highest BCUT2D eigenvalue weighted by Crippen LogP contribution is 2.21. The van der Waals surface area contributed by atoms with E-state index in [9.17, 15) is 4.79 Å². The molecule has 1 atom stereocenters. The van der Waals surface area contributed by atoms with E-state index in [1.807, 2.05) is 11.8 Å². The Balaban J connectivity index is 1.95. The standard InChI is InChI=1S/C11H17NOS/c13-11(9-4-2-1-3-5-9)10-8-14-7-6-12-10/h4,10,12H,1-3,5-8H2. The number of hydrogen-bond donors (Lipinski definition) is 1. The van der Waals surface area contributed by atoms with Crippen molar-refractivity contribution in [2.24, 2.45) is 0 Å². The van der Waals surface area contributed by atoms with Gasteiger partial charge in [0.25, 0.3) is 0 Å². The van der Waals surface area contributed by atoms with Crippen LogP contribution in [0.4, 0.5) is 0 Å². The van der Waals surface area contributed by atoms with Crippen molar-refractivity contribution in [1.82, 2.24) is 5.32 Å². The van der Waals surface area contributed by atoms with E-state index in [1.165, 1.54) is 12.8 Å². The third kappa shape index (κ3) is 2.39. The molecule has 1 unspecified atom stereocenters. The third-order valence-corrected chi connectivity index (χ3v) is 3.91. The smallest absolute Gasteiger partial charge is 0.176 e. The molecule has 78 valence electrons. The van der Waals surface area contributed by atoms with Crippen LogP contribution in [0, 0.1) is 0 Å². The van der Waals surface area contributed by atoms with Crippen LogP contribution in [-0.4, -0.2) is 29.9 Å². The lowest BCUT2D eigenvalue weighted by molar-refractivity contribution is -0.117. The molecule has 0 aromatic rings. The minimum absolute atomic E-state index is 0.0955. The van der Waals surface area contributed by atoms with Crippen LogP contribution in [0.5, 0.6) is 0 Å². The van der Waals surface area contributed by atoms with Gasteiger partial charge in [-0.15, -0.1) is 0 Å². The van der Waals surface area contributed by atoms with Crippen LogP contribution in [0.1, 0.15) is 25.7 Å². The first kappa shape index (κ1) is 10.2. The summed E-state index contributed by atoms with van der Waals surface area (Å²) < 4.78 is 0. The number of ketones is 1. The van der Waals surface area contributed by atoms with Crippen molar-refractivity contribution in [3.63, 3.8) is 0 Å². The molecule has 1 heterocycles. The Bertz CT molecular complexity index is 244. The molecule has 3 heteroatoms. The largest absolute Gasteiger partial charge is 0.306 e. The van der Waals surface area contributed by atoms with E-state index in [2.05, 4.69) is 11.4 Å². The quantitative estimate of drug-likeness (QED) is 0.754. The number of carbonyl (C=O) groups excluding carboxylic acids is 1. The first-order valence-electron chi connectivity index (χ1n) is 5.42. The fourth-order valence-corrected chi connectivity index (χ4v) is 2.95. The normalized spacial score (nSPS) is 28.3. The average molecular weight is 211 g/mol. The minimum atomic E-state index is 0.0955. The Labute approximate surface area is 89.5 Å². The second kappa shape index (κ2) is 4.99. The summed E-state index contributed by atoms with van der Waals surface area (Å²) in [5.41, 5.74) is 1.08. The van der Waals surface area contributed by atoms with Gasteiger partial charge in [-0.05, 0) is 31.3 Å². The maximum absolute atomic E-state index is 12.0. The molecule has 1 aliphatic carbocycles. The third-order valence-electron chi connectivity index (χ3n) is 2.85. The van der Waals surface area contributed by atoms with Gasteiger partial charge in [0.15, 0.2) is 5.78 Å². The van der Waals surface area contributed by atoms with Crippen molar-refractivity contribution in [3.8, 4) is 0 Å². The van der Waals surface area contributed by atoms with Crippen LogP contribution in [0.15, 0.2) is 11.6 Å². The molecule has 0 saturated carbocycles. The molecule has 1 saturated heterocycles. The molecule has 0 spiro atoms. The van der Waals surface area contributed by atoms with Gasteiger partial charge in [-0.1, -0.05) is 6.08 Å². The zero-order valence-corrected chi connectivity index (χ0v) is 9.24. The summed E-state index contributed by atoms with van der Waals surface area (Å²) in [7, 11) is 0. The lowest BCUT2D eigenvalue weighted by Crippen LogP contribution is -2.44. The number of carbonyl (C=O) groups is 1. The Morgan fingerprint density at radius 1 is 1.50 bits per heavy atom. The minimum Gasteiger partial charge on any atom is -0.306 e. The van der Waals surface area contributed by atoms with E-state index in [-0.39, 0.29) is 6.04 Å². The van der Waals surface area contributed by atoms with Crippen LogP contribution in [0.25, 0.3) is 0 Å². The highest BCUT2D eigenvalue weighted by Gasteiger charge is 2.24. The molecule has 1 N–H and O–H groups in total. The summed E-state index contributed by atoms with van der Waals surface area (Å²) in [6.45, 7) is 0.981. The van der Waals surface area contributed by atoms with E-state index in [0.717, 1.165) is 36.5 Å². The topological polar surface area (TPSA) is 29.1 Å². The number of nitrogens with one attached hydrogen (secondary N) is 1. The van der Waals surface area contributed by atoms with E-state index in [4.69, 9.17) is 0 Å². The van der Waals surface area contributed by atoms with Crippen molar-refractivity contribution < 1.29 is 4.79 Å². The summed E-state index contributed by atoms with van der Waals surface area (Å²) >= 11 is 1.88. The molecular weight excluding hydrogens is 194 g/mol. The molecule has 1 aliphatic heterocycles. The number of allylic oxidation sites excluding steroid dienone is 1. The van der Waals surface area contributed by atoms with Gasteiger partial charge in [-0.25, -0.2) is 0 Å². The van der Waals surface area contributed by atoms with Crippen LogP contribution in [-0.2, 0) is 4.79 Å². The van der Waals surface area contributed by atoms with Gasteiger partial charge in [-0.3, -0.25) is 4.79 Å². The van der Waals surface area contributed by atoms with E-state index in [0.29, 0.717) is 5.78 Å². The highest BCUT2D eigenvalue weighted by molar-refractivity contribution is 7.99. The molecule has 2 rings (SSSR count). The lowest BCUT2D eigenvalue weighted by atomic mass is 9.93. The van der Waals surface area contributed by atoms with Gasteiger partial charge >= 0.3 is 0 Å². The fourth-order valence-electron chi connectivity index (χ4n) is 2.02. The molecule has 14 heavy (non-hydrogen) atoms. The first-order valence-corrected chi connectivity index (χ1v) is 6.58. The van der Waals surface area contributed by atoms with Crippen LogP contribution in [0.3, 0.4) is 0 Å². The number of Topliss-reactive ketones (excluding diaryl/α,β-unsaturated/α-hetero) is 1. The first-order chi connectivity index (χ1) is 6.88. The van der Waals surface area contributed by atoms with Crippen LogP contribution in [0.2, 0.25) is 0 Å². The van der Waals surface area contributed by atoms with Gasteiger partial charge in [-0.2, -0.15) is 11.8 Å². The predicted molar refractivity (Wildman–Crippen MR) is 60.7 cm³/mol. The SMILES string of the molecule is O=C(C1=CCCCC1)C1CSCCN1. The lowest BCUT2D eigenvalue weighted by Gasteiger charge is -2.24. The molecule has 0 aromatic heterocycles. The van der Waals surface area contributed by atoms with Crippen molar-refractivity contribution in [2.45, 2.75) is 31.7 Å². The maximum Gasteiger partial charge on any atom is 0.176 e. The number of rotatable bonds is 2. The zero-order chi connectivity index (χ0) is 9.80. The summed E-state index contributed by atoms with van der Waals surface area (Å²) in [5, 5.41) is 3.30. The Kier molecular flexibility index (Phi) is 3.65. The van der Waals surface area contributed by atoms with Crippen LogP contribution < -0.4 is 5.32 Å². The van der Waals surface area contributed by atoms with Gasteiger partial charge in [0.2, 0.25) is 0 Å². The molecule has 0 bridgehead atoms. The number of thioether (sulfide) groups is 1. The van der Waals surface area contributed by atoms with Gasteiger partial charge in [0.05, 0.1) is 6.04 Å². The van der Waals surface area contributed by atoms with Crippen molar-refractivity contribution in [1.29, 1.82) is 0 Å². The molecule has 0 aromatic carbocycles. The highest BCUT2D eigenvalue weighted by atomic mass is 32.2. The van der Waals surface area contributed by atoms with Crippen molar-refractivity contribution >= 4 is 17.5 Å². The second-order valence-corrected chi connectivity index (χ2v) is 5.07. The zero-order valence-electron chi connectivity index (χ0n) is 8.42. The van der Waals surface area contributed by atoms with E-state index < -0.39 is 0 Å². The predicted octanol–water partition coefficient (Wildman–Crippen LogP) is 1.76. The van der Waals surface area contributed by atoms with E-state index >= 15 is 0 Å². The van der Waals surface area contributed by atoms with Gasteiger partial charge in [0, 0.05) is 18.1 Å². The average Bonchev–Trinajstić information content (AvgIpc) is 2.30. The monoisotopic (exact) mass is 211 g/mol. The van der Waals surface area contributed by atoms with Crippen molar-refractivity contribution in [3.05, 3.63) is 11.6 Å². The summed E-state index contributed by atoms with van der Waals surface area (Å²) in [5.74, 6) is 2.45. The summed E-state index contributed by atoms with van der Waals surface area (Å²) in [6, 6.07) is 0.0955. The molecule has 2 aliphatic rings. The summed E-state index contributed by atoms with van der Waals surface area (Å²) in [4.78, 5) is 12.0. The Hall–Kier alpha value is -0.280. The Morgan fingerprint density at radius 2 is 2.43 bits per heavy atom. The van der Waals surface area contributed by atoms with Gasteiger partial charge in [0.1, 0.15) is 0 Å². The summed E-state index contributed by atoms with van der Waals surface area (Å²) in [6.07, 6.45) is 6.69. The number of hydrogen-bond acceptors (Lipinski definition) is 3. The van der Waals surface area contributed by atoms with E-state index in [1.54, 1.807) is 0 Å². The van der Waals surface area contributed by atoms with Gasteiger partial charge < -0.3 is 5.32 Å². The molecule has 2 nitrogen and oxygen atoms in total. The van der Waals surface area contributed by atoms with Crippen LogP contribution >= 0.6 is 11.8 Å². The fraction of sp³-hybridized carbons (Fsp3) is 0.727. The molecule has 0 amide bonds. The molecule has 0 radical (unpaired) electrons. The Morgan fingerprint density at radius 3 is 3.07 bits per heavy atom. The second-order valence-electron chi connectivity index (χ2n) is 3.92. The molecular formula is C11H17NOS.